The molecule has 43 heavy (non-hydrogen) atoms. The van der Waals surface area contributed by atoms with Gasteiger partial charge in [-0.3, -0.25) is 24.6 Å². The van der Waals surface area contributed by atoms with E-state index in [0.717, 1.165) is 34.7 Å². The van der Waals surface area contributed by atoms with Crippen molar-refractivity contribution < 1.29 is 24.0 Å². The van der Waals surface area contributed by atoms with E-state index in [9.17, 15) is 24.5 Å². The lowest BCUT2D eigenvalue weighted by atomic mass is 10.0. The first-order valence-electron chi connectivity index (χ1n) is 14.4. The van der Waals surface area contributed by atoms with Gasteiger partial charge in [0.1, 0.15) is 6.04 Å². The number of ether oxygens (including phenoxy) is 1. The van der Waals surface area contributed by atoms with Crippen LogP contribution in [0.1, 0.15) is 36.8 Å². The van der Waals surface area contributed by atoms with Crippen LogP contribution in [-0.2, 0) is 32.1 Å². The lowest BCUT2D eigenvalue weighted by molar-refractivity contribution is -0.384. The summed E-state index contributed by atoms with van der Waals surface area (Å²) in [5.74, 6) is -0.112. The molecule has 3 aromatic rings. The minimum absolute atomic E-state index is 0.0566. The maximum atomic E-state index is 13.1. The summed E-state index contributed by atoms with van der Waals surface area (Å²) in [6.45, 7) is 1.36. The SMILES string of the molecule is COC(=O)[C@H](CCSC)NC(=O)CN(CCNC(=O)CCCCc1ccc([N+](=O)[O-])cc1)Cc1cccc2ccccc12. The average Bonchev–Trinajstić information content (AvgIpc) is 3.01. The summed E-state index contributed by atoms with van der Waals surface area (Å²) in [5.41, 5.74) is 2.13. The maximum Gasteiger partial charge on any atom is 0.328 e. The highest BCUT2D eigenvalue weighted by Gasteiger charge is 2.22. The van der Waals surface area contributed by atoms with Crippen molar-refractivity contribution in [3.05, 3.63) is 88.0 Å². The van der Waals surface area contributed by atoms with Gasteiger partial charge in [0.15, 0.2) is 0 Å². The van der Waals surface area contributed by atoms with Crippen LogP contribution < -0.4 is 10.6 Å². The van der Waals surface area contributed by atoms with Crippen molar-refractivity contribution in [2.45, 2.75) is 44.7 Å². The van der Waals surface area contributed by atoms with Crippen molar-refractivity contribution in [3.63, 3.8) is 0 Å². The molecule has 2 N–H and O–H groups in total. The van der Waals surface area contributed by atoms with Crippen LogP contribution in [0.15, 0.2) is 66.7 Å². The zero-order valence-electron chi connectivity index (χ0n) is 24.8. The second-order valence-electron chi connectivity index (χ2n) is 10.3. The highest BCUT2D eigenvalue weighted by Crippen LogP contribution is 2.20. The number of esters is 1. The second kappa shape index (κ2) is 17.9. The fraction of sp³-hybridized carbons (Fsp3) is 0.406. The molecule has 1 atom stereocenters. The first kappa shape index (κ1) is 33.5. The summed E-state index contributed by atoms with van der Waals surface area (Å²) in [4.78, 5) is 50.2. The first-order valence-corrected chi connectivity index (χ1v) is 15.7. The van der Waals surface area contributed by atoms with Crippen LogP contribution in [0.5, 0.6) is 0 Å². The Morgan fingerprint density at radius 1 is 1.00 bits per heavy atom. The molecule has 11 heteroatoms. The maximum absolute atomic E-state index is 13.1. The summed E-state index contributed by atoms with van der Waals surface area (Å²) in [7, 11) is 1.31. The van der Waals surface area contributed by atoms with E-state index in [2.05, 4.69) is 16.7 Å². The van der Waals surface area contributed by atoms with E-state index in [1.165, 1.54) is 19.2 Å². The number of benzene rings is 3. The highest BCUT2D eigenvalue weighted by atomic mass is 32.2. The van der Waals surface area contributed by atoms with Crippen LogP contribution in [0.25, 0.3) is 10.8 Å². The van der Waals surface area contributed by atoms with E-state index in [1.54, 1.807) is 23.9 Å². The highest BCUT2D eigenvalue weighted by molar-refractivity contribution is 7.98. The smallest absolute Gasteiger partial charge is 0.328 e. The third kappa shape index (κ3) is 11.3. The average molecular weight is 609 g/mol. The van der Waals surface area contributed by atoms with Crippen LogP contribution in [0.2, 0.25) is 0 Å². The third-order valence-electron chi connectivity index (χ3n) is 7.09. The molecular weight excluding hydrogens is 568 g/mol. The minimum atomic E-state index is -0.713. The number of nitro groups is 1. The van der Waals surface area contributed by atoms with Gasteiger partial charge >= 0.3 is 5.97 Å². The summed E-state index contributed by atoms with van der Waals surface area (Å²) in [6, 6.07) is 19.9. The Hall–Kier alpha value is -3.96. The molecule has 0 bridgehead atoms. The fourth-order valence-electron chi connectivity index (χ4n) is 4.80. The number of carbonyl (C=O) groups is 3. The molecular formula is C32H40N4O6S. The number of hydrogen-bond acceptors (Lipinski definition) is 8. The molecule has 0 aliphatic carbocycles. The molecule has 0 heterocycles. The monoisotopic (exact) mass is 608 g/mol. The zero-order chi connectivity index (χ0) is 31.0. The van der Waals surface area contributed by atoms with E-state index >= 15 is 0 Å². The Bertz CT molecular complexity index is 1360. The van der Waals surface area contributed by atoms with Crippen molar-refractivity contribution in [2.75, 3.05) is 38.8 Å². The Labute approximate surface area is 256 Å². The van der Waals surface area contributed by atoms with Crippen molar-refractivity contribution in [2.24, 2.45) is 0 Å². The molecule has 3 rings (SSSR count). The number of unbranched alkanes of at least 4 members (excludes halogenated alkanes) is 1. The van der Waals surface area contributed by atoms with Gasteiger partial charge in [-0.2, -0.15) is 11.8 Å². The Morgan fingerprint density at radius 2 is 1.74 bits per heavy atom. The van der Waals surface area contributed by atoms with Crippen LogP contribution in [0.4, 0.5) is 5.69 Å². The van der Waals surface area contributed by atoms with Crippen molar-refractivity contribution >= 4 is 46.0 Å². The first-order chi connectivity index (χ1) is 20.8. The van der Waals surface area contributed by atoms with E-state index < -0.39 is 16.9 Å². The molecule has 0 saturated heterocycles. The summed E-state index contributed by atoms with van der Waals surface area (Å²) < 4.78 is 4.88. The van der Waals surface area contributed by atoms with Crippen molar-refractivity contribution in [3.8, 4) is 0 Å². The van der Waals surface area contributed by atoms with Gasteiger partial charge in [-0.15, -0.1) is 0 Å². The number of non-ortho nitro benzene ring substituents is 1. The van der Waals surface area contributed by atoms with Gasteiger partial charge in [0.25, 0.3) is 5.69 Å². The number of rotatable bonds is 18. The number of thioether (sulfide) groups is 1. The number of fused-ring (bicyclic) bond motifs is 1. The Morgan fingerprint density at radius 3 is 2.47 bits per heavy atom. The van der Waals surface area contributed by atoms with E-state index in [4.69, 9.17) is 4.74 Å². The number of nitrogens with zero attached hydrogens (tertiary/aromatic N) is 2. The molecule has 0 aromatic heterocycles. The lowest BCUT2D eigenvalue weighted by Gasteiger charge is -2.24. The van der Waals surface area contributed by atoms with Crippen molar-refractivity contribution in [1.29, 1.82) is 0 Å². The summed E-state index contributed by atoms with van der Waals surface area (Å²) >= 11 is 1.59. The number of aryl methyl sites for hydroxylation is 1. The number of methoxy groups -OCH3 is 1. The molecule has 0 spiro atoms. The van der Waals surface area contributed by atoms with E-state index in [-0.39, 0.29) is 24.0 Å². The molecule has 230 valence electrons. The fourth-order valence-corrected chi connectivity index (χ4v) is 5.27. The van der Waals surface area contributed by atoms with Crippen LogP contribution in [-0.4, -0.2) is 72.4 Å². The molecule has 0 fully saturated rings. The van der Waals surface area contributed by atoms with Gasteiger partial charge in [-0.25, -0.2) is 4.79 Å². The third-order valence-corrected chi connectivity index (χ3v) is 7.73. The van der Waals surface area contributed by atoms with Crippen LogP contribution >= 0.6 is 11.8 Å². The van der Waals surface area contributed by atoms with Crippen LogP contribution in [0, 0.1) is 10.1 Å². The molecule has 0 unspecified atom stereocenters. The predicted octanol–water partition coefficient (Wildman–Crippen LogP) is 4.49. The second-order valence-corrected chi connectivity index (χ2v) is 11.2. The molecule has 0 radical (unpaired) electrons. The number of nitro benzene ring substituents is 1. The molecule has 0 aliphatic rings. The van der Waals surface area contributed by atoms with Gasteiger partial charge in [-0.05, 0) is 59.6 Å². The lowest BCUT2D eigenvalue weighted by Crippen LogP contribution is -2.47. The molecule has 0 aliphatic heterocycles. The number of carbonyl (C=O) groups excluding carboxylic acids is 3. The van der Waals surface area contributed by atoms with Gasteiger partial charge in [0.2, 0.25) is 11.8 Å². The van der Waals surface area contributed by atoms with Gasteiger partial charge in [0.05, 0.1) is 18.6 Å². The molecule has 2 amide bonds. The molecule has 3 aromatic carbocycles. The summed E-state index contributed by atoms with van der Waals surface area (Å²) in [6.07, 6.45) is 5.00. The summed E-state index contributed by atoms with van der Waals surface area (Å²) in [5, 5.41) is 18.8. The standard InChI is InChI=1S/C32H40N4O6S/c1-42-32(39)29(18-21-43-2)34-31(38)23-35(22-26-11-7-10-25-9-4-5-12-28(25)26)20-19-33-30(37)13-6-3-8-24-14-16-27(17-15-24)36(40)41/h4-5,7,9-12,14-17,29H,3,6,8,13,18-23H2,1-2H3,(H,33,37)(H,34,38)/t29-/m0/s1. The normalized spacial score (nSPS) is 11.7. The molecule has 0 saturated carbocycles. The van der Waals surface area contributed by atoms with Gasteiger partial charge < -0.3 is 15.4 Å². The van der Waals surface area contributed by atoms with Gasteiger partial charge in [0, 0.05) is 38.2 Å². The van der Waals surface area contributed by atoms with E-state index in [0.29, 0.717) is 44.6 Å². The Kier molecular flexibility index (Phi) is 13.9. The number of hydrogen-bond donors (Lipinski definition) is 2. The van der Waals surface area contributed by atoms with E-state index in [1.807, 2.05) is 47.6 Å². The molecule has 10 nitrogen and oxygen atoms in total. The van der Waals surface area contributed by atoms with Gasteiger partial charge in [-0.1, -0.05) is 54.6 Å². The van der Waals surface area contributed by atoms with Crippen molar-refractivity contribution in [1.82, 2.24) is 15.5 Å². The number of amides is 2. The topological polar surface area (TPSA) is 131 Å². The zero-order valence-corrected chi connectivity index (χ0v) is 25.6. The largest absolute Gasteiger partial charge is 0.467 e. The quantitative estimate of drug-likeness (QED) is 0.0935. The Balaban J connectivity index is 1.54. The predicted molar refractivity (Wildman–Crippen MR) is 170 cm³/mol. The number of nitrogens with one attached hydrogen (secondary N) is 2. The van der Waals surface area contributed by atoms with Crippen LogP contribution in [0.3, 0.4) is 0 Å². The minimum Gasteiger partial charge on any atom is -0.467 e.